The van der Waals surface area contributed by atoms with E-state index in [9.17, 15) is 4.39 Å². The summed E-state index contributed by atoms with van der Waals surface area (Å²) in [5.74, 6) is 1.64. The third-order valence-corrected chi connectivity index (χ3v) is 4.86. The number of benzene rings is 1. The van der Waals surface area contributed by atoms with Gasteiger partial charge in [0, 0.05) is 0 Å². The van der Waals surface area contributed by atoms with Crippen molar-refractivity contribution in [3.05, 3.63) is 29.6 Å². The first-order valence-electron chi connectivity index (χ1n) is 8.66. The van der Waals surface area contributed by atoms with Crippen molar-refractivity contribution in [2.45, 2.75) is 71.1 Å². The van der Waals surface area contributed by atoms with Crippen molar-refractivity contribution < 1.29 is 9.13 Å². The number of hydrogen-bond donors (Lipinski definition) is 0. The van der Waals surface area contributed by atoms with Gasteiger partial charge in [0.2, 0.25) is 0 Å². The van der Waals surface area contributed by atoms with Gasteiger partial charge in [-0.15, -0.1) is 0 Å². The summed E-state index contributed by atoms with van der Waals surface area (Å²) >= 11 is 0. The third kappa shape index (κ3) is 4.72. The van der Waals surface area contributed by atoms with Crippen molar-refractivity contribution in [2.75, 3.05) is 6.61 Å². The Kier molecular flexibility index (Phi) is 6.53. The molecule has 2 heteroatoms. The van der Waals surface area contributed by atoms with Crippen molar-refractivity contribution >= 4 is 0 Å². The van der Waals surface area contributed by atoms with Crippen LogP contribution in [0.5, 0.6) is 5.75 Å². The molecule has 0 aromatic heterocycles. The molecule has 0 radical (unpaired) electrons. The highest BCUT2D eigenvalue weighted by Gasteiger charge is 2.22. The molecule has 2 rings (SSSR count). The second-order valence-corrected chi connectivity index (χ2v) is 6.37. The van der Waals surface area contributed by atoms with Crippen molar-refractivity contribution in [3.63, 3.8) is 0 Å². The van der Waals surface area contributed by atoms with E-state index in [0.717, 1.165) is 30.7 Å². The molecule has 1 aromatic carbocycles. The van der Waals surface area contributed by atoms with Crippen LogP contribution in [-0.4, -0.2) is 6.61 Å². The molecule has 118 valence electrons. The van der Waals surface area contributed by atoms with Gasteiger partial charge >= 0.3 is 0 Å². The zero-order chi connectivity index (χ0) is 15.1. The van der Waals surface area contributed by atoms with Crippen LogP contribution in [0.3, 0.4) is 0 Å². The van der Waals surface area contributed by atoms with E-state index in [2.05, 4.69) is 19.9 Å². The van der Waals surface area contributed by atoms with Crippen LogP contribution < -0.4 is 4.74 Å². The fraction of sp³-hybridized carbons (Fsp3) is 0.684. The number of halogens is 1. The van der Waals surface area contributed by atoms with Crippen LogP contribution in [0.4, 0.5) is 4.39 Å². The Bertz CT molecular complexity index is 422. The van der Waals surface area contributed by atoms with Gasteiger partial charge in [0.05, 0.1) is 6.61 Å². The summed E-state index contributed by atoms with van der Waals surface area (Å²) in [5.41, 5.74) is 1.16. The molecular weight excluding hydrogens is 263 g/mol. The molecule has 1 aliphatic carbocycles. The summed E-state index contributed by atoms with van der Waals surface area (Å²) in [6.07, 6.45) is 9.56. The second-order valence-electron chi connectivity index (χ2n) is 6.37. The molecule has 0 bridgehead atoms. The summed E-state index contributed by atoms with van der Waals surface area (Å²) < 4.78 is 19.7. The first-order chi connectivity index (χ1) is 10.2. The third-order valence-electron chi connectivity index (χ3n) is 4.86. The van der Waals surface area contributed by atoms with Gasteiger partial charge in [0.1, 0.15) is 0 Å². The smallest absolute Gasteiger partial charge is 0.165 e. The molecule has 0 unspecified atom stereocenters. The van der Waals surface area contributed by atoms with Crippen LogP contribution in [0.15, 0.2) is 18.2 Å². The van der Waals surface area contributed by atoms with Crippen LogP contribution in [0.25, 0.3) is 0 Å². The molecule has 1 aromatic rings. The van der Waals surface area contributed by atoms with E-state index in [1.807, 2.05) is 6.07 Å². The Hall–Kier alpha value is -1.05. The van der Waals surface area contributed by atoms with Crippen LogP contribution in [-0.2, 0) is 0 Å². The van der Waals surface area contributed by atoms with Crippen LogP contribution in [0.1, 0.15) is 76.7 Å². The molecule has 0 saturated heterocycles. The maximum absolute atomic E-state index is 14.1. The van der Waals surface area contributed by atoms with E-state index in [1.165, 1.54) is 32.1 Å². The van der Waals surface area contributed by atoms with Gasteiger partial charge in [0.15, 0.2) is 11.6 Å². The average Bonchev–Trinajstić information content (AvgIpc) is 2.53. The summed E-state index contributed by atoms with van der Waals surface area (Å²) in [6.45, 7) is 5.05. The number of rotatable bonds is 7. The zero-order valence-corrected chi connectivity index (χ0v) is 13.5. The normalized spacial score (nSPS) is 22.2. The van der Waals surface area contributed by atoms with Gasteiger partial charge in [-0.3, -0.25) is 0 Å². The highest BCUT2D eigenvalue weighted by molar-refractivity contribution is 5.31. The van der Waals surface area contributed by atoms with Gasteiger partial charge in [-0.25, -0.2) is 4.39 Å². The van der Waals surface area contributed by atoms with Gasteiger partial charge in [-0.2, -0.15) is 0 Å². The Labute approximate surface area is 128 Å². The molecule has 1 fully saturated rings. The van der Waals surface area contributed by atoms with E-state index >= 15 is 0 Å². The van der Waals surface area contributed by atoms with Gasteiger partial charge < -0.3 is 4.74 Å². The molecule has 0 aliphatic heterocycles. The molecule has 0 atom stereocenters. The topological polar surface area (TPSA) is 9.23 Å². The average molecular weight is 292 g/mol. The van der Waals surface area contributed by atoms with Crippen molar-refractivity contribution in [3.8, 4) is 5.75 Å². The van der Waals surface area contributed by atoms with E-state index in [1.54, 1.807) is 6.07 Å². The number of ether oxygens (including phenoxy) is 1. The van der Waals surface area contributed by atoms with Crippen molar-refractivity contribution in [2.24, 2.45) is 5.92 Å². The van der Waals surface area contributed by atoms with Crippen molar-refractivity contribution in [1.29, 1.82) is 0 Å². The highest BCUT2D eigenvalue weighted by atomic mass is 19.1. The molecular formula is C19H29FO. The number of hydrogen-bond acceptors (Lipinski definition) is 1. The minimum atomic E-state index is -0.193. The Balaban J connectivity index is 1.89. The summed E-state index contributed by atoms with van der Waals surface area (Å²) in [7, 11) is 0. The van der Waals surface area contributed by atoms with Crippen LogP contribution in [0.2, 0.25) is 0 Å². The molecule has 0 spiro atoms. The van der Waals surface area contributed by atoms with Crippen LogP contribution in [0, 0.1) is 11.7 Å². The van der Waals surface area contributed by atoms with Gasteiger partial charge in [0.25, 0.3) is 0 Å². The fourth-order valence-electron chi connectivity index (χ4n) is 3.33. The molecule has 0 heterocycles. The quantitative estimate of drug-likeness (QED) is 0.553. The fourth-order valence-corrected chi connectivity index (χ4v) is 3.33. The number of unbranched alkanes of at least 4 members (excludes halogenated alkanes) is 2. The maximum atomic E-state index is 14.1. The lowest BCUT2D eigenvalue weighted by Crippen LogP contribution is -2.12. The lowest BCUT2D eigenvalue weighted by molar-refractivity contribution is 0.290. The molecule has 0 N–H and O–H groups in total. The van der Waals surface area contributed by atoms with Gasteiger partial charge in [-0.05, 0) is 61.6 Å². The largest absolute Gasteiger partial charge is 0.491 e. The molecule has 1 saturated carbocycles. The molecule has 21 heavy (non-hydrogen) atoms. The zero-order valence-electron chi connectivity index (χ0n) is 13.5. The molecule has 1 aliphatic rings. The predicted octanol–water partition coefficient (Wildman–Crippen LogP) is 6.08. The first-order valence-corrected chi connectivity index (χ1v) is 8.66. The predicted molar refractivity (Wildman–Crippen MR) is 86.4 cm³/mol. The lowest BCUT2D eigenvalue weighted by Gasteiger charge is -2.28. The lowest BCUT2D eigenvalue weighted by atomic mass is 9.78. The minimum Gasteiger partial charge on any atom is -0.491 e. The monoisotopic (exact) mass is 292 g/mol. The van der Waals surface area contributed by atoms with E-state index in [4.69, 9.17) is 4.74 Å². The maximum Gasteiger partial charge on any atom is 0.165 e. The minimum absolute atomic E-state index is 0.193. The summed E-state index contributed by atoms with van der Waals surface area (Å²) in [6, 6.07) is 5.59. The van der Waals surface area contributed by atoms with Crippen molar-refractivity contribution in [1.82, 2.24) is 0 Å². The van der Waals surface area contributed by atoms with Gasteiger partial charge in [-0.1, -0.05) is 39.2 Å². The second kappa shape index (κ2) is 8.41. The van der Waals surface area contributed by atoms with E-state index in [0.29, 0.717) is 18.3 Å². The Morgan fingerprint density at radius 1 is 1.10 bits per heavy atom. The molecule has 1 nitrogen and oxygen atoms in total. The summed E-state index contributed by atoms with van der Waals surface area (Å²) in [4.78, 5) is 0. The molecule has 0 amide bonds. The van der Waals surface area contributed by atoms with E-state index in [-0.39, 0.29) is 5.82 Å². The summed E-state index contributed by atoms with van der Waals surface area (Å²) in [5, 5.41) is 0. The Morgan fingerprint density at radius 3 is 2.48 bits per heavy atom. The Morgan fingerprint density at radius 2 is 1.86 bits per heavy atom. The SMILES string of the molecule is CCCCCOc1ccc([C@H]2CC[C@H](CC)CC2)cc1F. The van der Waals surface area contributed by atoms with E-state index < -0.39 is 0 Å². The first kappa shape index (κ1) is 16.3. The van der Waals surface area contributed by atoms with Crippen LogP contribution >= 0.6 is 0 Å². The standard InChI is InChI=1S/C19H29FO/c1-3-5-6-13-21-19-12-11-17(14-18(19)20)16-9-7-15(4-2)8-10-16/h11-12,14-16H,3-10,13H2,1-2H3/t15-,16-. The highest BCUT2D eigenvalue weighted by Crippen LogP contribution is 2.37.